The molecule has 0 atom stereocenters. The summed E-state index contributed by atoms with van der Waals surface area (Å²) in [6, 6.07) is 0. The zero-order valence-corrected chi connectivity index (χ0v) is 10.0. The SMILES string of the molecule is CCOCCOCC[N+]1(C)CCOCC1. The van der Waals surface area contributed by atoms with Crippen molar-refractivity contribution in [1.29, 1.82) is 0 Å². The van der Waals surface area contributed by atoms with Crippen LogP contribution in [-0.2, 0) is 14.2 Å². The van der Waals surface area contributed by atoms with Crippen molar-refractivity contribution in [3.05, 3.63) is 0 Å². The average Bonchev–Trinajstić information content (AvgIpc) is 2.24. The molecule has 1 fully saturated rings. The summed E-state index contributed by atoms with van der Waals surface area (Å²) < 4.78 is 17.1. The molecule has 0 amide bonds. The van der Waals surface area contributed by atoms with Crippen molar-refractivity contribution >= 4 is 0 Å². The Kier molecular flexibility index (Phi) is 6.17. The summed E-state index contributed by atoms with van der Waals surface area (Å²) in [5.41, 5.74) is 0. The van der Waals surface area contributed by atoms with Crippen molar-refractivity contribution in [2.75, 3.05) is 66.3 Å². The van der Waals surface area contributed by atoms with E-state index in [1.807, 2.05) is 6.92 Å². The topological polar surface area (TPSA) is 27.7 Å². The van der Waals surface area contributed by atoms with Gasteiger partial charge in [-0.2, -0.15) is 0 Å². The number of likely N-dealkylation sites (N-methyl/N-ethyl adjacent to an activating group) is 1. The van der Waals surface area contributed by atoms with Crippen molar-refractivity contribution in [3.8, 4) is 0 Å². The van der Waals surface area contributed by atoms with Gasteiger partial charge in [0.05, 0.1) is 40.1 Å². The molecule has 15 heavy (non-hydrogen) atoms. The first-order valence-electron chi connectivity index (χ1n) is 5.84. The second kappa shape index (κ2) is 7.17. The van der Waals surface area contributed by atoms with Gasteiger partial charge in [-0.25, -0.2) is 0 Å². The maximum absolute atomic E-state index is 5.52. The largest absolute Gasteiger partial charge is 0.379 e. The Morgan fingerprint density at radius 2 is 1.73 bits per heavy atom. The highest BCUT2D eigenvalue weighted by Gasteiger charge is 2.24. The van der Waals surface area contributed by atoms with E-state index in [1.54, 1.807) is 0 Å². The molecular formula is C11H24NO3+. The van der Waals surface area contributed by atoms with Crippen molar-refractivity contribution < 1.29 is 18.7 Å². The highest BCUT2D eigenvalue weighted by molar-refractivity contribution is 4.46. The lowest BCUT2D eigenvalue weighted by Gasteiger charge is -2.37. The van der Waals surface area contributed by atoms with Gasteiger partial charge in [-0.1, -0.05) is 0 Å². The minimum Gasteiger partial charge on any atom is -0.379 e. The molecule has 1 heterocycles. The van der Waals surface area contributed by atoms with Crippen LogP contribution >= 0.6 is 0 Å². The molecule has 0 N–H and O–H groups in total. The molecule has 1 saturated heterocycles. The molecule has 0 aromatic rings. The first-order valence-corrected chi connectivity index (χ1v) is 5.84. The van der Waals surface area contributed by atoms with Crippen LogP contribution in [0, 0.1) is 0 Å². The third-order valence-corrected chi connectivity index (χ3v) is 2.90. The maximum atomic E-state index is 5.52. The molecule has 0 aromatic heterocycles. The fourth-order valence-electron chi connectivity index (χ4n) is 1.66. The number of morpholine rings is 1. The summed E-state index contributed by atoms with van der Waals surface area (Å²) in [5, 5.41) is 0. The van der Waals surface area contributed by atoms with E-state index in [2.05, 4.69) is 7.05 Å². The van der Waals surface area contributed by atoms with Crippen molar-refractivity contribution in [2.24, 2.45) is 0 Å². The molecule has 1 aliphatic heterocycles. The van der Waals surface area contributed by atoms with Crippen LogP contribution in [0.1, 0.15) is 6.92 Å². The van der Waals surface area contributed by atoms with E-state index in [0.29, 0.717) is 13.2 Å². The number of nitrogens with zero attached hydrogens (tertiary/aromatic N) is 1. The minimum atomic E-state index is 0.712. The lowest BCUT2D eigenvalue weighted by molar-refractivity contribution is -0.917. The van der Waals surface area contributed by atoms with Gasteiger partial charge in [0.25, 0.3) is 0 Å². The number of ether oxygens (including phenoxy) is 3. The molecular weight excluding hydrogens is 194 g/mol. The van der Waals surface area contributed by atoms with E-state index in [9.17, 15) is 0 Å². The predicted molar refractivity (Wildman–Crippen MR) is 58.9 cm³/mol. The number of hydrogen-bond acceptors (Lipinski definition) is 3. The van der Waals surface area contributed by atoms with Crippen LogP contribution in [0.25, 0.3) is 0 Å². The summed E-state index contributed by atoms with van der Waals surface area (Å²) in [4.78, 5) is 0. The second-order valence-electron chi connectivity index (χ2n) is 4.21. The first-order chi connectivity index (χ1) is 7.27. The van der Waals surface area contributed by atoms with Crippen molar-refractivity contribution in [1.82, 2.24) is 0 Å². The molecule has 0 radical (unpaired) electrons. The summed E-state index contributed by atoms with van der Waals surface area (Å²) >= 11 is 0. The van der Waals surface area contributed by atoms with E-state index >= 15 is 0 Å². The highest BCUT2D eigenvalue weighted by Crippen LogP contribution is 2.06. The molecule has 90 valence electrons. The fraction of sp³-hybridized carbons (Fsp3) is 1.00. The molecule has 0 unspecified atom stereocenters. The van der Waals surface area contributed by atoms with E-state index in [4.69, 9.17) is 14.2 Å². The van der Waals surface area contributed by atoms with Crippen LogP contribution in [0.4, 0.5) is 0 Å². The zero-order valence-electron chi connectivity index (χ0n) is 10.0. The standard InChI is InChI=1S/C11H24NO3/c1-3-13-10-11-15-9-6-12(2)4-7-14-8-5-12/h3-11H2,1-2H3/q+1. The Labute approximate surface area is 92.7 Å². The molecule has 4 nitrogen and oxygen atoms in total. The van der Waals surface area contributed by atoms with Gasteiger partial charge in [0, 0.05) is 6.61 Å². The first kappa shape index (κ1) is 12.9. The quantitative estimate of drug-likeness (QED) is 0.460. The van der Waals surface area contributed by atoms with Gasteiger partial charge in [0.2, 0.25) is 0 Å². The van der Waals surface area contributed by atoms with Gasteiger partial charge in [-0.15, -0.1) is 0 Å². The van der Waals surface area contributed by atoms with Crippen LogP contribution in [-0.4, -0.2) is 70.8 Å². The van der Waals surface area contributed by atoms with Crippen LogP contribution < -0.4 is 0 Å². The second-order valence-corrected chi connectivity index (χ2v) is 4.21. The van der Waals surface area contributed by atoms with E-state index in [1.165, 1.54) is 0 Å². The lowest BCUT2D eigenvalue weighted by Crippen LogP contribution is -2.53. The number of rotatable bonds is 7. The Bertz CT molecular complexity index is 158. The van der Waals surface area contributed by atoms with Gasteiger partial charge in [0.15, 0.2) is 0 Å². The van der Waals surface area contributed by atoms with Gasteiger partial charge in [-0.05, 0) is 6.92 Å². The lowest BCUT2D eigenvalue weighted by atomic mass is 10.3. The third-order valence-electron chi connectivity index (χ3n) is 2.90. The Hall–Kier alpha value is -0.160. The van der Waals surface area contributed by atoms with Crippen LogP contribution in [0.3, 0.4) is 0 Å². The van der Waals surface area contributed by atoms with Gasteiger partial charge in [-0.3, -0.25) is 0 Å². The molecule has 0 aromatic carbocycles. The van der Waals surface area contributed by atoms with Crippen LogP contribution in [0.15, 0.2) is 0 Å². The highest BCUT2D eigenvalue weighted by atomic mass is 16.5. The van der Waals surface area contributed by atoms with Gasteiger partial charge in [0.1, 0.15) is 19.6 Å². The molecule has 4 heteroatoms. The number of hydrogen-bond donors (Lipinski definition) is 0. The van der Waals surface area contributed by atoms with Crippen molar-refractivity contribution in [3.63, 3.8) is 0 Å². The molecule has 0 spiro atoms. The Balaban J connectivity index is 1.98. The minimum absolute atomic E-state index is 0.712. The van der Waals surface area contributed by atoms with Crippen LogP contribution in [0.2, 0.25) is 0 Å². The molecule has 0 saturated carbocycles. The summed E-state index contributed by atoms with van der Waals surface area (Å²) in [7, 11) is 2.27. The van der Waals surface area contributed by atoms with E-state index in [0.717, 1.165) is 50.5 Å². The average molecular weight is 218 g/mol. The Morgan fingerprint density at radius 3 is 2.40 bits per heavy atom. The van der Waals surface area contributed by atoms with Gasteiger partial charge < -0.3 is 18.7 Å². The van der Waals surface area contributed by atoms with E-state index in [-0.39, 0.29) is 0 Å². The van der Waals surface area contributed by atoms with Crippen LogP contribution in [0.5, 0.6) is 0 Å². The molecule has 1 rings (SSSR count). The Morgan fingerprint density at radius 1 is 1.07 bits per heavy atom. The van der Waals surface area contributed by atoms with E-state index < -0.39 is 0 Å². The monoisotopic (exact) mass is 218 g/mol. The summed E-state index contributed by atoms with van der Waals surface area (Å²) in [5.74, 6) is 0. The summed E-state index contributed by atoms with van der Waals surface area (Å²) in [6.45, 7) is 10.1. The normalized spacial score (nSPS) is 20.4. The fourth-order valence-corrected chi connectivity index (χ4v) is 1.66. The molecule has 1 aliphatic rings. The molecule has 0 aliphatic carbocycles. The molecule has 0 bridgehead atoms. The smallest absolute Gasteiger partial charge is 0.102 e. The number of quaternary nitrogens is 1. The summed E-state index contributed by atoms with van der Waals surface area (Å²) in [6.07, 6.45) is 0. The van der Waals surface area contributed by atoms with Gasteiger partial charge >= 0.3 is 0 Å². The van der Waals surface area contributed by atoms with Crippen molar-refractivity contribution in [2.45, 2.75) is 6.92 Å². The zero-order chi connectivity index (χ0) is 11.0. The third kappa shape index (κ3) is 5.47. The maximum Gasteiger partial charge on any atom is 0.102 e. The predicted octanol–water partition coefficient (Wildman–Crippen LogP) is 0.516.